The highest BCUT2D eigenvalue weighted by Gasteiger charge is 2.16. The van der Waals surface area contributed by atoms with E-state index in [1.807, 2.05) is 12.2 Å². The Balaban J connectivity index is 2.24. The van der Waals surface area contributed by atoms with Crippen molar-refractivity contribution in [3.05, 3.63) is 17.0 Å². The van der Waals surface area contributed by atoms with Crippen LogP contribution in [0.5, 0.6) is 0 Å². The van der Waals surface area contributed by atoms with Crippen molar-refractivity contribution < 1.29 is 5.11 Å². The van der Waals surface area contributed by atoms with Gasteiger partial charge < -0.3 is 9.67 Å². The highest BCUT2D eigenvalue weighted by Crippen LogP contribution is 2.14. The summed E-state index contributed by atoms with van der Waals surface area (Å²) in [7, 11) is 0. The van der Waals surface area contributed by atoms with Crippen molar-refractivity contribution in [2.45, 2.75) is 30.1 Å². The van der Waals surface area contributed by atoms with Gasteiger partial charge in [-0.3, -0.25) is 0 Å². The number of aryl methyl sites for hydroxylation is 1. The number of alkyl halides is 2. The predicted molar refractivity (Wildman–Crippen MR) is 66.0 cm³/mol. The molecule has 0 aromatic carbocycles. The molecule has 0 fully saturated rings. The van der Waals surface area contributed by atoms with E-state index in [2.05, 4.69) is 9.55 Å². The molecule has 0 aliphatic heterocycles. The lowest BCUT2D eigenvalue weighted by molar-refractivity contribution is 0.281. The summed E-state index contributed by atoms with van der Waals surface area (Å²) in [5.74, 6) is 0. The van der Waals surface area contributed by atoms with E-state index in [0.29, 0.717) is 0 Å². The van der Waals surface area contributed by atoms with Crippen LogP contribution < -0.4 is 10.7 Å². The van der Waals surface area contributed by atoms with Crippen LogP contribution in [0, 0.1) is 0 Å². The van der Waals surface area contributed by atoms with E-state index in [1.54, 1.807) is 6.33 Å². The molecule has 2 atom stereocenters. The molecule has 3 nitrogen and oxygen atoms in total. The van der Waals surface area contributed by atoms with E-state index < -0.39 is 0 Å². The minimum Gasteiger partial charge on any atom is -0.396 e. The minimum atomic E-state index is -0.185. The molecule has 1 aliphatic carbocycles. The summed E-state index contributed by atoms with van der Waals surface area (Å²) in [6.07, 6.45) is 7.37. The lowest BCUT2D eigenvalue weighted by Gasteiger charge is -2.11. The fourth-order valence-electron chi connectivity index (χ4n) is 1.77. The van der Waals surface area contributed by atoms with Crippen LogP contribution in [0.15, 0.2) is 6.33 Å². The molecule has 0 amide bonds. The first-order chi connectivity index (χ1) is 7.72. The van der Waals surface area contributed by atoms with Gasteiger partial charge in [-0.25, -0.2) is 4.98 Å². The first kappa shape index (κ1) is 12.0. The summed E-state index contributed by atoms with van der Waals surface area (Å²) in [4.78, 5) is 4.29. The second-order valence-electron chi connectivity index (χ2n) is 3.86. The molecule has 0 saturated carbocycles. The maximum atomic E-state index is 8.73. The second kappa shape index (κ2) is 5.21. The fraction of sp³-hybridized carbons (Fsp3) is 0.545. The molecule has 16 heavy (non-hydrogen) atoms. The van der Waals surface area contributed by atoms with Crippen LogP contribution in [0.3, 0.4) is 0 Å². The Hall–Kier alpha value is -0.510. The van der Waals surface area contributed by atoms with Crippen LogP contribution in [-0.4, -0.2) is 32.0 Å². The Morgan fingerprint density at radius 2 is 2.00 bits per heavy atom. The second-order valence-corrected chi connectivity index (χ2v) is 4.87. The van der Waals surface area contributed by atoms with Crippen molar-refractivity contribution in [2.24, 2.45) is 0 Å². The highest BCUT2D eigenvalue weighted by molar-refractivity contribution is 6.34. The Labute approximate surface area is 104 Å². The lowest BCUT2D eigenvalue weighted by Crippen LogP contribution is -2.37. The monoisotopic (exact) mass is 260 g/mol. The number of rotatable bonds is 4. The zero-order chi connectivity index (χ0) is 11.5. The molecule has 5 heteroatoms. The maximum Gasteiger partial charge on any atom is 0.0958 e. The number of aromatic nitrogens is 2. The Kier molecular flexibility index (Phi) is 3.90. The number of unbranched alkanes of at least 4 members (excludes halogenated alkanes) is 1. The van der Waals surface area contributed by atoms with Crippen LogP contribution in [0.25, 0.3) is 12.2 Å². The number of hydrogen-bond acceptors (Lipinski definition) is 2. The smallest absolute Gasteiger partial charge is 0.0958 e. The Morgan fingerprint density at radius 3 is 2.75 bits per heavy atom. The molecule has 1 aromatic rings. The van der Waals surface area contributed by atoms with Crippen LogP contribution >= 0.6 is 23.2 Å². The molecule has 0 bridgehead atoms. The van der Waals surface area contributed by atoms with Gasteiger partial charge in [0.1, 0.15) is 0 Å². The average molecular weight is 261 g/mol. The van der Waals surface area contributed by atoms with E-state index in [-0.39, 0.29) is 17.4 Å². The van der Waals surface area contributed by atoms with E-state index >= 15 is 0 Å². The van der Waals surface area contributed by atoms with Gasteiger partial charge in [0.15, 0.2) is 0 Å². The number of imidazole rings is 1. The summed E-state index contributed by atoms with van der Waals surface area (Å²) in [6, 6.07) is 0. The molecular formula is C11H14Cl2N2O. The first-order valence-corrected chi connectivity index (χ1v) is 6.23. The summed E-state index contributed by atoms with van der Waals surface area (Å²) >= 11 is 12.1. The summed E-state index contributed by atoms with van der Waals surface area (Å²) < 4.78 is 2.06. The van der Waals surface area contributed by atoms with Gasteiger partial charge in [-0.1, -0.05) is 0 Å². The van der Waals surface area contributed by atoms with E-state index in [1.165, 1.54) is 0 Å². The molecule has 1 aliphatic rings. The van der Waals surface area contributed by atoms with Crippen molar-refractivity contribution >= 4 is 35.4 Å². The third-order valence-electron chi connectivity index (χ3n) is 2.65. The van der Waals surface area contributed by atoms with Gasteiger partial charge >= 0.3 is 0 Å². The van der Waals surface area contributed by atoms with Crippen LogP contribution in [0.2, 0.25) is 0 Å². The maximum absolute atomic E-state index is 8.73. The minimum absolute atomic E-state index is 0.178. The number of hydrogen-bond donors (Lipinski definition) is 1. The number of nitrogens with zero attached hydrogens (tertiary/aromatic N) is 2. The number of aliphatic hydroxyl groups is 1. The zero-order valence-corrected chi connectivity index (χ0v) is 10.3. The Bertz CT molecular complexity index is 469. The summed E-state index contributed by atoms with van der Waals surface area (Å²) in [5.41, 5.74) is 0. The SMILES string of the molecule is OCCCCn1cnc2c1=CC(Cl)C(Cl)C=2. The quantitative estimate of drug-likeness (QED) is 0.631. The lowest BCUT2D eigenvalue weighted by atomic mass is 10.2. The third-order valence-corrected chi connectivity index (χ3v) is 3.58. The molecule has 2 unspecified atom stereocenters. The molecule has 2 rings (SSSR count). The van der Waals surface area contributed by atoms with Crippen molar-refractivity contribution in [1.82, 2.24) is 9.55 Å². The number of aliphatic hydroxyl groups excluding tert-OH is 1. The van der Waals surface area contributed by atoms with E-state index in [9.17, 15) is 0 Å². The van der Waals surface area contributed by atoms with Gasteiger partial charge in [0.2, 0.25) is 0 Å². The molecular weight excluding hydrogens is 247 g/mol. The van der Waals surface area contributed by atoms with Crippen molar-refractivity contribution in [3.63, 3.8) is 0 Å². The molecule has 1 aromatic heterocycles. The third kappa shape index (κ3) is 2.42. The largest absolute Gasteiger partial charge is 0.396 e. The van der Waals surface area contributed by atoms with Crippen molar-refractivity contribution in [2.75, 3.05) is 6.61 Å². The van der Waals surface area contributed by atoms with Crippen LogP contribution in [0.1, 0.15) is 12.8 Å². The van der Waals surface area contributed by atoms with Crippen LogP contribution in [-0.2, 0) is 6.54 Å². The molecule has 0 saturated heterocycles. The summed E-state index contributed by atoms with van der Waals surface area (Å²) in [6.45, 7) is 1.08. The summed E-state index contributed by atoms with van der Waals surface area (Å²) in [5, 5.41) is 10.3. The molecule has 88 valence electrons. The molecule has 1 heterocycles. The number of halogens is 2. The Morgan fingerprint density at radius 1 is 1.25 bits per heavy atom. The van der Waals surface area contributed by atoms with Gasteiger partial charge in [0, 0.05) is 13.2 Å². The molecule has 0 spiro atoms. The standard InChI is InChI=1S/C11H14Cl2N2O/c12-8-5-10-11(6-9(8)13)15(7-14-10)3-1-2-4-16/h5-9,16H,1-4H2. The van der Waals surface area contributed by atoms with E-state index in [0.717, 1.165) is 30.1 Å². The van der Waals surface area contributed by atoms with Gasteiger partial charge in [0.05, 0.1) is 27.8 Å². The van der Waals surface area contributed by atoms with Crippen molar-refractivity contribution in [1.29, 1.82) is 0 Å². The molecule has 0 radical (unpaired) electrons. The van der Waals surface area contributed by atoms with Crippen molar-refractivity contribution in [3.8, 4) is 0 Å². The van der Waals surface area contributed by atoms with Gasteiger partial charge in [-0.2, -0.15) is 0 Å². The van der Waals surface area contributed by atoms with Gasteiger partial charge in [-0.05, 0) is 25.0 Å². The highest BCUT2D eigenvalue weighted by atomic mass is 35.5. The predicted octanol–water partition coefficient (Wildman–Crippen LogP) is 0.445. The normalized spacial score (nSPS) is 23.4. The number of fused-ring (bicyclic) bond motifs is 1. The fourth-order valence-corrected chi connectivity index (χ4v) is 2.16. The zero-order valence-electron chi connectivity index (χ0n) is 8.81. The van der Waals surface area contributed by atoms with Gasteiger partial charge in [0.25, 0.3) is 0 Å². The average Bonchev–Trinajstić information content (AvgIpc) is 2.63. The van der Waals surface area contributed by atoms with Crippen LogP contribution in [0.4, 0.5) is 0 Å². The van der Waals surface area contributed by atoms with Gasteiger partial charge in [-0.15, -0.1) is 23.2 Å². The van der Waals surface area contributed by atoms with E-state index in [4.69, 9.17) is 28.3 Å². The molecule has 1 N–H and O–H groups in total. The first-order valence-electron chi connectivity index (χ1n) is 5.36. The topological polar surface area (TPSA) is 38.0 Å².